The van der Waals surface area contributed by atoms with E-state index in [-0.39, 0.29) is 23.5 Å². The molecule has 0 aliphatic carbocycles. The molecule has 0 radical (unpaired) electrons. The van der Waals surface area contributed by atoms with Crippen LogP contribution in [-0.2, 0) is 14.8 Å². The molecular weight excluding hydrogens is 416 g/mol. The first-order valence-corrected chi connectivity index (χ1v) is 10.0. The molecule has 0 atom stereocenters. The highest BCUT2D eigenvalue weighted by molar-refractivity contribution is 7.89. The minimum absolute atomic E-state index is 0.142. The zero-order valence-corrected chi connectivity index (χ0v) is 17.0. The number of hydrogen-bond acceptors (Lipinski definition) is 8. The number of ether oxygens (including phenoxy) is 2. The molecule has 0 saturated carbocycles. The lowest BCUT2D eigenvalue weighted by Crippen LogP contribution is -2.29. The van der Waals surface area contributed by atoms with Crippen molar-refractivity contribution in [2.45, 2.75) is 11.3 Å². The number of rotatable bonds is 10. The van der Waals surface area contributed by atoms with Crippen LogP contribution in [0.1, 0.15) is 12.0 Å². The molecule has 0 bridgehead atoms. The molecule has 0 unspecified atom stereocenters. The molecule has 2 aromatic carbocycles. The molecule has 2 rings (SSSR count). The Morgan fingerprint density at radius 1 is 1.17 bits per heavy atom. The van der Waals surface area contributed by atoms with Crippen molar-refractivity contribution < 1.29 is 27.6 Å². The van der Waals surface area contributed by atoms with Crippen LogP contribution in [-0.4, -0.2) is 46.2 Å². The molecule has 30 heavy (non-hydrogen) atoms. The number of nitrogens with zero attached hydrogens (tertiary/aromatic N) is 2. The van der Waals surface area contributed by atoms with Crippen LogP contribution in [0.15, 0.2) is 52.5 Å². The number of nitrogens with one attached hydrogen (secondary N) is 2. The van der Waals surface area contributed by atoms with Gasteiger partial charge in [-0.25, -0.2) is 18.6 Å². The lowest BCUT2D eigenvalue weighted by Gasteiger charge is -2.07. The Balaban J connectivity index is 1.87. The predicted octanol–water partition coefficient (Wildman–Crippen LogP) is 1.43. The van der Waals surface area contributed by atoms with E-state index < -0.39 is 20.9 Å². The van der Waals surface area contributed by atoms with Gasteiger partial charge in [0.15, 0.2) is 0 Å². The summed E-state index contributed by atoms with van der Waals surface area (Å²) in [5.74, 6) is 0.605. The summed E-state index contributed by atoms with van der Waals surface area (Å²) in [6.07, 6.45) is 1.21. The van der Waals surface area contributed by atoms with Gasteiger partial charge in [-0.05, 0) is 30.3 Å². The summed E-state index contributed by atoms with van der Waals surface area (Å²) in [7, 11) is -0.889. The Morgan fingerprint density at radius 3 is 2.47 bits per heavy atom. The second-order valence-electron chi connectivity index (χ2n) is 5.80. The lowest BCUT2D eigenvalue weighted by atomic mass is 10.2. The predicted molar refractivity (Wildman–Crippen MR) is 108 cm³/mol. The van der Waals surface area contributed by atoms with E-state index in [0.29, 0.717) is 17.1 Å². The number of methoxy groups -OCH3 is 2. The molecular formula is C18H20N4O7S. The summed E-state index contributed by atoms with van der Waals surface area (Å²) >= 11 is 0. The number of nitro benzene ring substituents is 1. The largest absolute Gasteiger partial charge is 0.497 e. The second kappa shape index (κ2) is 10.3. The highest BCUT2D eigenvalue weighted by Gasteiger charge is 2.16. The fraction of sp³-hybridized carbons (Fsp3) is 0.222. The van der Waals surface area contributed by atoms with E-state index in [4.69, 9.17) is 9.47 Å². The summed E-state index contributed by atoms with van der Waals surface area (Å²) < 4.78 is 36.9. The van der Waals surface area contributed by atoms with Crippen LogP contribution >= 0.6 is 0 Å². The van der Waals surface area contributed by atoms with Gasteiger partial charge in [0.05, 0.1) is 30.3 Å². The normalized spacial score (nSPS) is 11.3. The summed E-state index contributed by atoms with van der Waals surface area (Å²) in [6, 6.07) is 9.48. The third-order valence-electron chi connectivity index (χ3n) is 3.83. The molecule has 2 aromatic rings. The van der Waals surface area contributed by atoms with Gasteiger partial charge < -0.3 is 9.47 Å². The minimum Gasteiger partial charge on any atom is -0.497 e. The SMILES string of the molecule is COc1ccc(OC)c(/C=N\NC(=O)CCNS(=O)(=O)c2ccc([N+](=O)[O-])cc2)c1. The monoisotopic (exact) mass is 436 g/mol. The highest BCUT2D eigenvalue weighted by Crippen LogP contribution is 2.22. The van der Waals surface area contributed by atoms with Gasteiger partial charge >= 0.3 is 0 Å². The molecule has 2 N–H and O–H groups in total. The van der Waals surface area contributed by atoms with E-state index in [0.717, 1.165) is 24.3 Å². The van der Waals surface area contributed by atoms with E-state index in [2.05, 4.69) is 15.2 Å². The molecule has 12 heteroatoms. The Kier molecular flexibility index (Phi) is 7.83. The molecule has 11 nitrogen and oxygen atoms in total. The number of carbonyl (C=O) groups is 1. The third-order valence-corrected chi connectivity index (χ3v) is 5.31. The van der Waals surface area contributed by atoms with Gasteiger partial charge in [0.2, 0.25) is 15.9 Å². The van der Waals surface area contributed by atoms with E-state index in [1.165, 1.54) is 20.4 Å². The summed E-state index contributed by atoms with van der Waals surface area (Å²) in [6.45, 7) is -0.177. The number of carbonyl (C=O) groups excluding carboxylic acids is 1. The molecule has 0 aliphatic rings. The number of hydrogen-bond donors (Lipinski definition) is 2. The molecule has 0 fully saturated rings. The maximum absolute atomic E-state index is 12.2. The van der Waals surface area contributed by atoms with Crippen molar-refractivity contribution in [1.82, 2.24) is 10.1 Å². The van der Waals surface area contributed by atoms with Gasteiger partial charge in [-0.1, -0.05) is 0 Å². The average Bonchev–Trinajstić information content (AvgIpc) is 2.73. The fourth-order valence-corrected chi connectivity index (χ4v) is 3.33. The highest BCUT2D eigenvalue weighted by atomic mass is 32.2. The Labute approximate surface area is 172 Å². The van der Waals surface area contributed by atoms with Crippen LogP contribution < -0.4 is 19.6 Å². The zero-order chi connectivity index (χ0) is 22.1. The Hall–Kier alpha value is -3.51. The van der Waals surface area contributed by atoms with Crippen LogP contribution in [0.2, 0.25) is 0 Å². The summed E-state index contributed by atoms with van der Waals surface area (Å²) in [4.78, 5) is 21.7. The smallest absolute Gasteiger partial charge is 0.269 e. The van der Waals surface area contributed by atoms with E-state index in [1.54, 1.807) is 18.2 Å². The maximum Gasteiger partial charge on any atom is 0.269 e. The molecule has 0 spiro atoms. The molecule has 1 amide bonds. The van der Waals surface area contributed by atoms with Gasteiger partial charge in [0.25, 0.3) is 5.69 Å². The quantitative estimate of drug-likeness (QED) is 0.325. The Bertz CT molecular complexity index is 1040. The number of benzene rings is 2. The van der Waals surface area contributed by atoms with Crippen LogP contribution in [0.4, 0.5) is 5.69 Å². The van der Waals surface area contributed by atoms with Crippen molar-refractivity contribution in [2.75, 3.05) is 20.8 Å². The first kappa shape index (κ1) is 22.8. The first-order valence-electron chi connectivity index (χ1n) is 8.55. The number of non-ortho nitro benzene ring substituents is 1. The van der Waals surface area contributed by atoms with Crippen LogP contribution in [0, 0.1) is 10.1 Å². The van der Waals surface area contributed by atoms with Crippen molar-refractivity contribution in [2.24, 2.45) is 5.10 Å². The molecule has 0 heterocycles. The van der Waals surface area contributed by atoms with Crippen LogP contribution in [0.25, 0.3) is 0 Å². The third kappa shape index (κ3) is 6.25. The van der Waals surface area contributed by atoms with Gasteiger partial charge in [0, 0.05) is 30.7 Å². The first-order chi connectivity index (χ1) is 14.3. The molecule has 0 aromatic heterocycles. The fourth-order valence-electron chi connectivity index (χ4n) is 2.30. The van der Waals surface area contributed by atoms with Gasteiger partial charge in [-0.2, -0.15) is 5.10 Å². The van der Waals surface area contributed by atoms with Crippen LogP contribution in [0.5, 0.6) is 11.5 Å². The van der Waals surface area contributed by atoms with Crippen molar-refractivity contribution in [3.8, 4) is 11.5 Å². The van der Waals surface area contributed by atoms with Crippen molar-refractivity contribution in [1.29, 1.82) is 0 Å². The Morgan fingerprint density at radius 2 is 1.87 bits per heavy atom. The number of hydrazone groups is 1. The zero-order valence-electron chi connectivity index (χ0n) is 16.2. The lowest BCUT2D eigenvalue weighted by molar-refractivity contribution is -0.384. The van der Waals surface area contributed by atoms with Crippen molar-refractivity contribution in [3.63, 3.8) is 0 Å². The topological polar surface area (TPSA) is 149 Å². The summed E-state index contributed by atoms with van der Waals surface area (Å²) in [5.41, 5.74) is 2.65. The van der Waals surface area contributed by atoms with Gasteiger partial charge in [0.1, 0.15) is 11.5 Å². The van der Waals surface area contributed by atoms with Gasteiger partial charge in [-0.15, -0.1) is 0 Å². The van der Waals surface area contributed by atoms with E-state index in [1.807, 2.05) is 0 Å². The number of amides is 1. The number of sulfonamides is 1. The van der Waals surface area contributed by atoms with Gasteiger partial charge in [-0.3, -0.25) is 14.9 Å². The average molecular weight is 436 g/mol. The molecule has 0 aliphatic heterocycles. The van der Waals surface area contributed by atoms with E-state index in [9.17, 15) is 23.3 Å². The second-order valence-corrected chi connectivity index (χ2v) is 7.57. The standard InChI is InChI=1S/C18H20N4O7S/c1-28-15-5-8-17(29-2)13(11-15)12-19-21-18(23)9-10-20-30(26,27)16-6-3-14(4-7-16)22(24)25/h3-8,11-12,20H,9-10H2,1-2H3,(H,21,23)/b19-12-. The number of nitro groups is 1. The maximum atomic E-state index is 12.2. The molecule has 160 valence electrons. The van der Waals surface area contributed by atoms with Crippen molar-refractivity contribution >= 4 is 27.8 Å². The van der Waals surface area contributed by atoms with Crippen LogP contribution in [0.3, 0.4) is 0 Å². The molecule has 0 saturated heterocycles. The van der Waals surface area contributed by atoms with E-state index >= 15 is 0 Å². The summed E-state index contributed by atoms with van der Waals surface area (Å²) in [5, 5.41) is 14.4. The minimum atomic E-state index is -3.90. The van der Waals surface area contributed by atoms with Crippen molar-refractivity contribution in [3.05, 3.63) is 58.1 Å².